The summed E-state index contributed by atoms with van der Waals surface area (Å²) < 4.78 is 0. The number of pyridine rings is 2. The van der Waals surface area contributed by atoms with Crippen molar-refractivity contribution in [2.45, 2.75) is 19.4 Å². The minimum absolute atomic E-state index is 0.0515. The molecule has 16 heteroatoms. The van der Waals surface area contributed by atoms with Crippen LogP contribution in [0, 0.1) is 0 Å². The standard InChI is InChI=1S/C23H20N6O2.C16H12ClN5O2/c30-20(31)13-17-8-4-9-18(12-17)28-23-27-15-26-22(29-23)19-10-5-11-24-21(19)25-14-16-6-2-1-3-7-16;17-14-12(5-2-6-18-14)15-19-9-20-16(22-15)21-11-4-1-3-10(7-11)8-13(23)24/h1-12,15H,13-14H2,(H,24,25)(H,30,31)(H,26,27,28,29);1-7,9H,8H2,(H,23,24)(H,19,20,21,22). The van der Waals surface area contributed by atoms with Crippen LogP contribution in [0.5, 0.6) is 0 Å². The number of hydrogen-bond acceptors (Lipinski definition) is 13. The Bertz CT molecular complexity index is 2400. The van der Waals surface area contributed by atoms with Crippen LogP contribution in [-0.2, 0) is 29.0 Å². The third-order valence-corrected chi connectivity index (χ3v) is 7.87. The van der Waals surface area contributed by atoms with Crippen LogP contribution in [-0.4, -0.2) is 62.0 Å². The lowest BCUT2D eigenvalue weighted by Crippen LogP contribution is -2.05. The fraction of sp³-hybridized carbons (Fsp3) is 0.0769. The molecule has 7 aromatic rings. The number of nitrogens with one attached hydrogen (secondary N) is 3. The van der Waals surface area contributed by atoms with E-state index in [2.05, 4.69) is 55.8 Å². The van der Waals surface area contributed by atoms with Crippen molar-refractivity contribution in [2.75, 3.05) is 16.0 Å². The number of carboxylic acids is 2. The maximum atomic E-state index is 11.0. The molecular weight excluding hydrogens is 722 g/mol. The van der Waals surface area contributed by atoms with E-state index in [1.54, 1.807) is 67.0 Å². The van der Waals surface area contributed by atoms with E-state index < -0.39 is 11.9 Å². The normalized spacial score (nSPS) is 10.4. The van der Waals surface area contributed by atoms with Gasteiger partial charge in [-0.15, -0.1) is 0 Å². The van der Waals surface area contributed by atoms with Crippen molar-refractivity contribution in [3.05, 3.63) is 150 Å². The molecule has 4 aromatic heterocycles. The first-order valence-electron chi connectivity index (χ1n) is 16.7. The molecule has 0 saturated carbocycles. The third-order valence-electron chi connectivity index (χ3n) is 7.57. The predicted octanol–water partition coefficient (Wildman–Crippen LogP) is 6.87. The number of anilines is 5. The van der Waals surface area contributed by atoms with E-state index in [4.69, 9.17) is 21.8 Å². The smallest absolute Gasteiger partial charge is 0.307 e. The molecule has 0 aliphatic rings. The van der Waals surface area contributed by atoms with Gasteiger partial charge in [0.15, 0.2) is 11.6 Å². The van der Waals surface area contributed by atoms with Crippen LogP contribution in [0.2, 0.25) is 5.15 Å². The molecule has 0 aliphatic heterocycles. The van der Waals surface area contributed by atoms with Gasteiger partial charge in [0, 0.05) is 30.3 Å². The van der Waals surface area contributed by atoms with Gasteiger partial charge in [-0.05, 0) is 65.2 Å². The highest BCUT2D eigenvalue weighted by atomic mass is 35.5. The summed E-state index contributed by atoms with van der Waals surface area (Å²) in [5.41, 5.74) is 5.24. The van der Waals surface area contributed by atoms with Gasteiger partial charge in [-0.25, -0.2) is 29.9 Å². The molecule has 0 radical (unpaired) electrons. The molecule has 4 heterocycles. The number of rotatable bonds is 13. The highest BCUT2D eigenvalue weighted by Gasteiger charge is 2.12. The number of benzene rings is 3. The monoisotopic (exact) mass is 753 g/mol. The first-order valence-corrected chi connectivity index (χ1v) is 17.0. The molecule has 0 atom stereocenters. The first-order chi connectivity index (χ1) is 26.8. The molecule has 0 fully saturated rings. The fourth-order valence-corrected chi connectivity index (χ4v) is 5.36. The van der Waals surface area contributed by atoms with Crippen LogP contribution >= 0.6 is 11.6 Å². The van der Waals surface area contributed by atoms with E-state index in [9.17, 15) is 9.59 Å². The van der Waals surface area contributed by atoms with E-state index in [0.29, 0.717) is 69.1 Å². The van der Waals surface area contributed by atoms with Crippen LogP contribution in [0.4, 0.5) is 29.1 Å². The van der Waals surface area contributed by atoms with Gasteiger partial charge in [-0.2, -0.15) is 9.97 Å². The predicted molar refractivity (Wildman–Crippen MR) is 207 cm³/mol. The number of hydrogen-bond donors (Lipinski definition) is 5. The van der Waals surface area contributed by atoms with Gasteiger partial charge in [-0.3, -0.25) is 9.59 Å². The van der Waals surface area contributed by atoms with Crippen LogP contribution < -0.4 is 16.0 Å². The molecule has 0 spiro atoms. The Kier molecular flexibility index (Phi) is 12.5. The van der Waals surface area contributed by atoms with Gasteiger partial charge in [0.1, 0.15) is 23.6 Å². The van der Waals surface area contributed by atoms with Crippen molar-refractivity contribution in [2.24, 2.45) is 0 Å². The summed E-state index contributed by atoms with van der Waals surface area (Å²) in [5.74, 6) is 0.456. The third kappa shape index (κ3) is 11.1. The van der Waals surface area contributed by atoms with Gasteiger partial charge in [0.25, 0.3) is 0 Å². The van der Waals surface area contributed by atoms with Gasteiger partial charge in [0.2, 0.25) is 11.9 Å². The molecule has 0 bridgehead atoms. The number of carbonyl (C=O) groups is 2. The van der Waals surface area contributed by atoms with Crippen LogP contribution in [0.15, 0.2) is 128 Å². The van der Waals surface area contributed by atoms with Gasteiger partial charge in [-0.1, -0.05) is 66.2 Å². The Morgan fingerprint density at radius 1 is 0.564 bits per heavy atom. The second-order valence-corrected chi connectivity index (χ2v) is 12.0. The van der Waals surface area contributed by atoms with Crippen molar-refractivity contribution in [3.63, 3.8) is 0 Å². The maximum Gasteiger partial charge on any atom is 0.307 e. The molecule has 0 amide bonds. The van der Waals surface area contributed by atoms with Crippen molar-refractivity contribution in [3.8, 4) is 22.8 Å². The quantitative estimate of drug-likeness (QED) is 0.0760. The lowest BCUT2D eigenvalue weighted by Gasteiger charge is -2.11. The van der Waals surface area contributed by atoms with Crippen molar-refractivity contribution >= 4 is 52.6 Å². The Balaban J connectivity index is 0.000000193. The van der Waals surface area contributed by atoms with Crippen LogP contribution in [0.25, 0.3) is 22.8 Å². The van der Waals surface area contributed by atoms with Crippen molar-refractivity contribution in [1.82, 2.24) is 39.9 Å². The van der Waals surface area contributed by atoms with Gasteiger partial charge < -0.3 is 26.2 Å². The average Bonchev–Trinajstić information content (AvgIpc) is 3.18. The molecule has 7 rings (SSSR count). The molecular formula is C39H32ClN11O4. The minimum Gasteiger partial charge on any atom is -0.481 e. The van der Waals surface area contributed by atoms with E-state index in [1.165, 1.54) is 12.7 Å². The molecule has 5 N–H and O–H groups in total. The van der Waals surface area contributed by atoms with Crippen LogP contribution in [0.3, 0.4) is 0 Å². The zero-order valence-corrected chi connectivity index (χ0v) is 29.7. The van der Waals surface area contributed by atoms with Gasteiger partial charge in [0.05, 0.1) is 24.0 Å². The zero-order chi connectivity index (χ0) is 38.4. The maximum absolute atomic E-state index is 11.0. The average molecular weight is 754 g/mol. The fourth-order valence-electron chi connectivity index (χ4n) is 5.16. The van der Waals surface area contributed by atoms with E-state index in [1.807, 2.05) is 48.5 Å². The first kappa shape index (κ1) is 37.4. The molecule has 0 saturated heterocycles. The SMILES string of the molecule is O=C(O)Cc1cccc(Nc2ncnc(-c3cccnc3Cl)n2)c1.O=C(O)Cc1cccc(Nc2ncnc(-c3cccnc3NCc3ccccc3)n2)c1. The number of halogens is 1. The summed E-state index contributed by atoms with van der Waals surface area (Å²) in [5, 5.41) is 27.6. The molecule has 15 nitrogen and oxygen atoms in total. The molecule has 274 valence electrons. The Hall–Kier alpha value is -7.39. The van der Waals surface area contributed by atoms with E-state index >= 15 is 0 Å². The molecule has 3 aromatic carbocycles. The second kappa shape index (κ2) is 18.4. The van der Waals surface area contributed by atoms with Crippen LogP contribution in [0.1, 0.15) is 16.7 Å². The number of aromatic nitrogens is 8. The summed E-state index contributed by atoms with van der Waals surface area (Å²) in [6.07, 6.45) is 5.99. The number of nitrogens with zero attached hydrogens (tertiary/aromatic N) is 8. The summed E-state index contributed by atoms with van der Waals surface area (Å²) in [4.78, 5) is 55.7. The highest BCUT2D eigenvalue weighted by Crippen LogP contribution is 2.25. The summed E-state index contributed by atoms with van der Waals surface area (Å²) >= 11 is 6.05. The van der Waals surface area contributed by atoms with E-state index in [0.717, 1.165) is 11.1 Å². The number of carboxylic acid groups (broad SMARTS) is 2. The zero-order valence-electron chi connectivity index (χ0n) is 28.9. The Morgan fingerprint density at radius 3 is 1.65 bits per heavy atom. The largest absolute Gasteiger partial charge is 0.481 e. The minimum atomic E-state index is -0.888. The Morgan fingerprint density at radius 2 is 1.09 bits per heavy atom. The highest BCUT2D eigenvalue weighted by molar-refractivity contribution is 6.31. The molecule has 55 heavy (non-hydrogen) atoms. The van der Waals surface area contributed by atoms with E-state index in [-0.39, 0.29) is 12.8 Å². The lowest BCUT2D eigenvalue weighted by molar-refractivity contribution is -0.137. The molecule has 0 unspecified atom stereocenters. The summed E-state index contributed by atoms with van der Waals surface area (Å²) in [7, 11) is 0. The second-order valence-electron chi connectivity index (χ2n) is 11.6. The van der Waals surface area contributed by atoms with Crippen molar-refractivity contribution in [1.29, 1.82) is 0 Å². The summed E-state index contributed by atoms with van der Waals surface area (Å²) in [6, 6.07) is 31.4. The van der Waals surface area contributed by atoms with Crippen molar-refractivity contribution < 1.29 is 19.8 Å². The number of aliphatic carboxylic acids is 2. The topological polar surface area (TPSA) is 214 Å². The molecule has 0 aliphatic carbocycles. The summed E-state index contributed by atoms with van der Waals surface area (Å²) in [6.45, 7) is 0.622. The Labute approximate surface area is 319 Å². The van der Waals surface area contributed by atoms with Gasteiger partial charge >= 0.3 is 11.9 Å². The lowest BCUT2D eigenvalue weighted by atomic mass is 10.1.